The number of hydrogen-bond acceptors (Lipinski definition) is 3. The van der Waals surface area contributed by atoms with Gasteiger partial charge >= 0.3 is 0 Å². The number of rotatable bonds is 6. The van der Waals surface area contributed by atoms with Crippen LogP contribution in [0.5, 0.6) is 0 Å². The van der Waals surface area contributed by atoms with Crippen LogP contribution in [0, 0.1) is 18.3 Å². The highest BCUT2D eigenvalue weighted by Crippen LogP contribution is 2.26. The molecule has 3 aromatic carbocycles. The highest BCUT2D eigenvalue weighted by Gasteiger charge is 2.17. The third-order valence-corrected chi connectivity index (χ3v) is 5.40. The van der Waals surface area contributed by atoms with Crippen LogP contribution in [0.1, 0.15) is 29.7 Å². The molecular formula is C28H24N4O. The van der Waals surface area contributed by atoms with Gasteiger partial charge in [0, 0.05) is 17.3 Å². The molecule has 4 aromatic rings. The van der Waals surface area contributed by atoms with Crippen LogP contribution in [0.3, 0.4) is 0 Å². The Hall–Kier alpha value is -4.43. The van der Waals surface area contributed by atoms with Gasteiger partial charge < -0.3 is 5.32 Å². The van der Waals surface area contributed by atoms with Gasteiger partial charge in [0.1, 0.15) is 11.6 Å². The fraction of sp³-hybridized carbons (Fsp3) is 0.107. The minimum absolute atomic E-state index is 0.0266. The zero-order valence-corrected chi connectivity index (χ0v) is 18.6. The SMILES string of the molecule is Cc1ccc(-c2nn(-c3ccccc3)cc2/C=C(\C#N)C(=O)N[C@H](C)c2ccccc2)cc1. The van der Waals surface area contributed by atoms with E-state index < -0.39 is 5.91 Å². The van der Waals surface area contributed by atoms with Crippen molar-refractivity contribution in [2.75, 3.05) is 0 Å². The van der Waals surface area contributed by atoms with Gasteiger partial charge in [0.2, 0.25) is 0 Å². The molecule has 0 aliphatic rings. The second-order valence-electron chi connectivity index (χ2n) is 7.85. The van der Waals surface area contributed by atoms with Crippen molar-refractivity contribution in [3.05, 3.63) is 113 Å². The fourth-order valence-electron chi connectivity index (χ4n) is 3.55. The summed E-state index contributed by atoms with van der Waals surface area (Å²) in [4.78, 5) is 12.9. The van der Waals surface area contributed by atoms with Crippen molar-refractivity contribution in [1.82, 2.24) is 15.1 Å². The van der Waals surface area contributed by atoms with Crippen LogP contribution >= 0.6 is 0 Å². The Morgan fingerprint density at radius 3 is 2.27 bits per heavy atom. The molecule has 0 bridgehead atoms. The smallest absolute Gasteiger partial charge is 0.262 e. The van der Waals surface area contributed by atoms with Gasteiger partial charge in [0.05, 0.1) is 17.4 Å². The number of aryl methyl sites for hydroxylation is 1. The number of amides is 1. The Kier molecular flexibility index (Phi) is 6.47. The van der Waals surface area contributed by atoms with E-state index >= 15 is 0 Å². The second kappa shape index (κ2) is 9.80. The Morgan fingerprint density at radius 2 is 1.64 bits per heavy atom. The van der Waals surface area contributed by atoms with E-state index in [4.69, 9.17) is 5.10 Å². The van der Waals surface area contributed by atoms with Gasteiger partial charge in [-0.15, -0.1) is 0 Å². The first kappa shape index (κ1) is 21.8. The van der Waals surface area contributed by atoms with Crippen LogP contribution in [0.25, 0.3) is 23.0 Å². The van der Waals surface area contributed by atoms with Crippen molar-refractivity contribution in [1.29, 1.82) is 5.26 Å². The molecule has 0 fully saturated rings. The molecule has 162 valence electrons. The largest absolute Gasteiger partial charge is 0.345 e. The van der Waals surface area contributed by atoms with Crippen molar-refractivity contribution < 1.29 is 4.79 Å². The summed E-state index contributed by atoms with van der Waals surface area (Å²) in [5, 5.41) is 17.4. The normalized spacial score (nSPS) is 12.1. The minimum Gasteiger partial charge on any atom is -0.345 e. The van der Waals surface area contributed by atoms with Crippen molar-refractivity contribution in [3.63, 3.8) is 0 Å². The van der Waals surface area contributed by atoms with Gasteiger partial charge in [-0.3, -0.25) is 4.79 Å². The number of para-hydroxylation sites is 1. The number of benzene rings is 3. The van der Waals surface area contributed by atoms with Crippen molar-refractivity contribution in [3.8, 4) is 23.0 Å². The molecule has 1 amide bonds. The van der Waals surface area contributed by atoms with E-state index in [1.807, 2.05) is 105 Å². The van der Waals surface area contributed by atoms with E-state index in [9.17, 15) is 10.1 Å². The maximum Gasteiger partial charge on any atom is 0.262 e. The first-order chi connectivity index (χ1) is 16.0. The highest BCUT2D eigenvalue weighted by molar-refractivity contribution is 6.02. The maximum absolute atomic E-state index is 12.9. The van der Waals surface area contributed by atoms with Crippen LogP contribution in [0.2, 0.25) is 0 Å². The molecule has 1 heterocycles. The summed E-state index contributed by atoms with van der Waals surface area (Å²) >= 11 is 0. The summed E-state index contributed by atoms with van der Waals surface area (Å²) in [5.74, 6) is -0.420. The average Bonchev–Trinajstić information content (AvgIpc) is 3.28. The molecule has 0 unspecified atom stereocenters. The van der Waals surface area contributed by atoms with Gasteiger partial charge in [-0.1, -0.05) is 78.4 Å². The summed E-state index contributed by atoms with van der Waals surface area (Å²) in [7, 11) is 0. The van der Waals surface area contributed by atoms with E-state index in [2.05, 4.69) is 11.4 Å². The monoisotopic (exact) mass is 432 g/mol. The first-order valence-electron chi connectivity index (χ1n) is 10.7. The molecule has 5 nitrogen and oxygen atoms in total. The van der Waals surface area contributed by atoms with Crippen molar-refractivity contribution >= 4 is 12.0 Å². The molecule has 0 aliphatic carbocycles. The molecule has 0 saturated carbocycles. The molecular weight excluding hydrogens is 408 g/mol. The predicted molar refractivity (Wildman–Crippen MR) is 130 cm³/mol. The summed E-state index contributed by atoms with van der Waals surface area (Å²) < 4.78 is 1.76. The van der Waals surface area contributed by atoms with Gasteiger partial charge in [-0.2, -0.15) is 10.4 Å². The second-order valence-corrected chi connectivity index (χ2v) is 7.85. The fourth-order valence-corrected chi connectivity index (χ4v) is 3.55. The Morgan fingerprint density at radius 1 is 1.00 bits per heavy atom. The van der Waals surface area contributed by atoms with Crippen LogP contribution in [0.4, 0.5) is 0 Å². The lowest BCUT2D eigenvalue weighted by Gasteiger charge is -2.13. The number of nitrogens with zero attached hydrogens (tertiary/aromatic N) is 3. The summed E-state index contributed by atoms with van der Waals surface area (Å²) in [6, 6.07) is 29.3. The predicted octanol–water partition coefficient (Wildman–Crippen LogP) is 5.63. The lowest BCUT2D eigenvalue weighted by atomic mass is 10.0. The Balaban J connectivity index is 1.71. The van der Waals surface area contributed by atoms with Crippen LogP contribution in [0.15, 0.2) is 96.7 Å². The average molecular weight is 433 g/mol. The molecule has 4 rings (SSSR count). The molecule has 1 atom stereocenters. The topological polar surface area (TPSA) is 70.7 Å². The van der Waals surface area contributed by atoms with Gasteiger partial charge in [-0.25, -0.2) is 4.68 Å². The lowest BCUT2D eigenvalue weighted by Crippen LogP contribution is -2.27. The van der Waals surface area contributed by atoms with Gasteiger partial charge in [0.15, 0.2) is 0 Å². The molecule has 1 aromatic heterocycles. The lowest BCUT2D eigenvalue weighted by molar-refractivity contribution is -0.117. The third-order valence-electron chi connectivity index (χ3n) is 5.40. The Labute approximate surface area is 193 Å². The molecule has 0 spiro atoms. The Bertz CT molecular complexity index is 1310. The molecule has 33 heavy (non-hydrogen) atoms. The molecule has 0 radical (unpaired) electrons. The minimum atomic E-state index is -0.420. The first-order valence-corrected chi connectivity index (χ1v) is 10.7. The summed E-state index contributed by atoms with van der Waals surface area (Å²) in [6.07, 6.45) is 3.45. The van der Waals surface area contributed by atoms with E-state index in [1.54, 1.807) is 10.8 Å². The van der Waals surface area contributed by atoms with E-state index in [0.717, 1.165) is 22.4 Å². The van der Waals surface area contributed by atoms with Gasteiger partial charge in [-0.05, 0) is 37.6 Å². The standard InChI is InChI=1S/C28H24N4O/c1-20-13-15-23(16-14-20)27-25(19-32(31-27)26-11-7-4-8-12-26)17-24(18-29)28(33)30-21(2)22-9-5-3-6-10-22/h3-17,19,21H,1-2H3,(H,30,33)/b24-17+/t21-/m1/s1. The summed E-state index contributed by atoms with van der Waals surface area (Å²) in [5.41, 5.74) is 5.35. The molecule has 1 N–H and O–H groups in total. The number of aromatic nitrogens is 2. The highest BCUT2D eigenvalue weighted by atomic mass is 16.1. The quantitative estimate of drug-likeness (QED) is 0.317. The molecule has 5 heteroatoms. The number of carbonyl (C=O) groups excluding carboxylic acids is 1. The zero-order chi connectivity index (χ0) is 23.2. The molecule has 0 aliphatic heterocycles. The molecule has 0 saturated heterocycles. The van der Waals surface area contributed by atoms with Crippen LogP contribution in [-0.4, -0.2) is 15.7 Å². The number of hydrogen-bond donors (Lipinski definition) is 1. The van der Waals surface area contributed by atoms with Crippen LogP contribution < -0.4 is 5.32 Å². The van der Waals surface area contributed by atoms with E-state index in [0.29, 0.717) is 11.3 Å². The van der Waals surface area contributed by atoms with E-state index in [-0.39, 0.29) is 11.6 Å². The third kappa shape index (κ3) is 5.08. The van der Waals surface area contributed by atoms with E-state index in [1.165, 1.54) is 0 Å². The van der Waals surface area contributed by atoms with Crippen LogP contribution in [-0.2, 0) is 4.79 Å². The van der Waals surface area contributed by atoms with Gasteiger partial charge in [0.25, 0.3) is 5.91 Å². The van der Waals surface area contributed by atoms with Crippen molar-refractivity contribution in [2.24, 2.45) is 0 Å². The summed E-state index contributed by atoms with van der Waals surface area (Å²) in [6.45, 7) is 3.92. The maximum atomic E-state index is 12.9. The number of nitriles is 1. The van der Waals surface area contributed by atoms with Crippen molar-refractivity contribution in [2.45, 2.75) is 19.9 Å². The number of carbonyl (C=O) groups is 1. The zero-order valence-electron chi connectivity index (χ0n) is 18.6. The number of nitrogens with one attached hydrogen (secondary N) is 1.